The molecule has 0 spiro atoms. The van der Waals surface area contributed by atoms with Gasteiger partial charge in [0.05, 0.1) is 18.4 Å². The lowest BCUT2D eigenvalue weighted by molar-refractivity contribution is 0.0172. The molecule has 0 amide bonds. The van der Waals surface area contributed by atoms with Gasteiger partial charge in [0.1, 0.15) is 6.61 Å². The van der Waals surface area contributed by atoms with Crippen LogP contribution in [-0.4, -0.2) is 35.1 Å². The molecule has 0 radical (unpaired) electrons. The summed E-state index contributed by atoms with van der Waals surface area (Å²) in [6.45, 7) is 4.44. The molecule has 2 aromatic rings. The van der Waals surface area contributed by atoms with Crippen LogP contribution in [0, 0.1) is 0 Å². The van der Waals surface area contributed by atoms with Gasteiger partial charge in [-0.3, -0.25) is 0 Å². The summed E-state index contributed by atoms with van der Waals surface area (Å²) in [7, 11) is 0. The molecule has 1 aromatic carbocycles. The predicted molar refractivity (Wildman–Crippen MR) is 79.3 cm³/mol. The van der Waals surface area contributed by atoms with Gasteiger partial charge in [0, 0.05) is 11.9 Å². The van der Waals surface area contributed by atoms with E-state index in [1.54, 1.807) is 29.1 Å². The Balaban J connectivity index is 1.93. The van der Waals surface area contributed by atoms with E-state index < -0.39 is 5.97 Å². The zero-order valence-electron chi connectivity index (χ0n) is 12.2. The first-order valence-electron chi connectivity index (χ1n) is 6.76. The van der Waals surface area contributed by atoms with E-state index in [1.807, 2.05) is 26.0 Å². The first kappa shape index (κ1) is 15.1. The Morgan fingerprint density at radius 2 is 1.95 bits per heavy atom. The largest absolute Gasteiger partial charge is 0.458 e. The first-order valence-corrected chi connectivity index (χ1v) is 6.76. The van der Waals surface area contributed by atoms with Gasteiger partial charge in [-0.05, 0) is 44.2 Å². The van der Waals surface area contributed by atoms with E-state index in [2.05, 4.69) is 5.10 Å². The van der Waals surface area contributed by atoms with Crippen molar-refractivity contribution in [1.29, 1.82) is 0 Å². The average Bonchev–Trinajstić information content (AvgIpc) is 2.94. The molecule has 0 aliphatic rings. The van der Waals surface area contributed by atoms with Crippen LogP contribution >= 0.6 is 0 Å². The van der Waals surface area contributed by atoms with Gasteiger partial charge in [-0.25, -0.2) is 9.48 Å². The summed E-state index contributed by atoms with van der Waals surface area (Å²) in [6, 6.07) is 8.82. The normalized spacial score (nSPS) is 10.8. The van der Waals surface area contributed by atoms with Gasteiger partial charge in [0.2, 0.25) is 0 Å². The quantitative estimate of drug-likeness (QED) is 0.500. The van der Waals surface area contributed by atoms with Crippen LogP contribution in [0.4, 0.5) is 5.69 Å². The number of aromatic nitrogens is 2. The Kier molecular flexibility index (Phi) is 4.94. The van der Waals surface area contributed by atoms with Crippen LogP contribution in [0.25, 0.3) is 5.69 Å². The van der Waals surface area contributed by atoms with Gasteiger partial charge >= 0.3 is 5.97 Å². The number of hydrogen-bond donors (Lipinski definition) is 1. The fraction of sp³-hybridized carbons (Fsp3) is 0.333. The Labute approximate surface area is 123 Å². The molecule has 0 unspecified atom stereocenters. The predicted octanol–water partition coefficient (Wildman–Crippen LogP) is 2.04. The summed E-state index contributed by atoms with van der Waals surface area (Å²) in [5.41, 5.74) is 7.39. The molecule has 0 aliphatic heterocycles. The summed E-state index contributed by atoms with van der Waals surface area (Å²) in [5, 5.41) is 4.18. The molecule has 1 heterocycles. The molecule has 21 heavy (non-hydrogen) atoms. The number of esters is 1. The van der Waals surface area contributed by atoms with Crippen molar-refractivity contribution >= 4 is 11.7 Å². The highest BCUT2D eigenvalue weighted by Crippen LogP contribution is 2.11. The number of hydrogen-bond acceptors (Lipinski definition) is 5. The zero-order chi connectivity index (χ0) is 15.2. The van der Waals surface area contributed by atoms with E-state index in [0.717, 1.165) is 5.69 Å². The van der Waals surface area contributed by atoms with Gasteiger partial charge in [0.25, 0.3) is 0 Å². The van der Waals surface area contributed by atoms with Gasteiger partial charge in [-0.1, -0.05) is 0 Å². The molecule has 2 rings (SSSR count). The second-order valence-electron chi connectivity index (χ2n) is 4.79. The van der Waals surface area contributed by atoms with Crippen molar-refractivity contribution in [3.8, 4) is 5.69 Å². The first-order chi connectivity index (χ1) is 10.1. The molecule has 0 saturated carbocycles. The van der Waals surface area contributed by atoms with Gasteiger partial charge < -0.3 is 15.2 Å². The Hall–Kier alpha value is -2.34. The fourth-order valence-corrected chi connectivity index (χ4v) is 1.70. The summed E-state index contributed by atoms with van der Waals surface area (Å²) in [5.74, 6) is -0.462. The van der Waals surface area contributed by atoms with Crippen LogP contribution in [0.5, 0.6) is 0 Å². The smallest absolute Gasteiger partial charge is 0.358 e. The third-order valence-corrected chi connectivity index (χ3v) is 2.72. The maximum Gasteiger partial charge on any atom is 0.358 e. The van der Waals surface area contributed by atoms with Crippen LogP contribution in [-0.2, 0) is 9.47 Å². The standard InChI is InChI=1S/C15H19N3O3/c1-11(2)20-9-10-21-15(19)14-7-8-18(17-14)13-5-3-12(16)4-6-13/h3-8,11H,9-10,16H2,1-2H3. The summed E-state index contributed by atoms with van der Waals surface area (Å²) < 4.78 is 12.0. The monoisotopic (exact) mass is 289 g/mol. The van der Waals surface area contributed by atoms with Crippen molar-refractivity contribution in [2.24, 2.45) is 0 Å². The number of nitrogen functional groups attached to an aromatic ring is 1. The average molecular weight is 289 g/mol. The number of rotatable bonds is 6. The molecule has 2 N–H and O–H groups in total. The van der Waals surface area contributed by atoms with Crippen molar-refractivity contribution in [3.63, 3.8) is 0 Å². The van der Waals surface area contributed by atoms with Crippen LogP contribution in [0.2, 0.25) is 0 Å². The Bertz CT molecular complexity index is 590. The SMILES string of the molecule is CC(C)OCCOC(=O)c1ccn(-c2ccc(N)cc2)n1. The molecule has 112 valence electrons. The number of carbonyl (C=O) groups excluding carboxylic acids is 1. The number of nitrogens with two attached hydrogens (primary N) is 1. The van der Waals surface area contributed by atoms with Crippen LogP contribution in [0.1, 0.15) is 24.3 Å². The molecule has 0 fully saturated rings. The molecular formula is C15H19N3O3. The van der Waals surface area contributed by atoms with Crippen molar-refractivity contribution in [3.05, 3.63) is 42.2 Å². The number of benzene rings is 1. The highest BCUT2D eigenvalue weighted by molar-refractivity contribution is 5.87. The maximum atomic E-state index is 11.8. The summed E-state index contributed by atoms with van der Waals surface area (Å²) >= 11 is 0. The number of ether oxygens (including phenoxy) is 2. The third kappa shape index (κ3) is 4.32. The van der Waals surface area contributed by atoms with Crippen molar-refractivity contribution in [2.45, 2.75) is 20.0 Å². The second kappa shape index (κ2) is 6.90. The number of anilines is 1. The van der Waals surface area contributed by atoms with Gasteiger partial charge in [-0.15, -0.1) is 0 Å². The maximum absolute atomic E-state index is 11.8. The van der Waals surface area contributed by atoms with Crippen molar-refractivity contribution in [1.82, 2.24) is 9.78 Å². The van der Waals surface area contributed by atoms with Gasteiger partial charge in [-0.2, -0.15) is 5.10 Å². The minimum Gasteiger partial charge on any atom is -0.458 e. The van der Waals surface area contributed by atoms with Crippen LogP contribution in [0.3, 0.4) is 0 Å². The lowest BCUT2D eigenvalue weighted by Gasteiger charge is -2.07. The fourth-order valence-electron chi connectivity index (χ4n) is 1.70. The molecule has 0 saturated heterocycles. The molecule has 6 nitrogen and oxygen atoms in total. The van der Waals surface area contributed by atoms with E-state index in [0.29, 0.717) is 12.3 Å². The van der Waals surface area contributed by atoms with E-state index in [4.69, 9.17) is 15.2 Å². The molecule has 0 aliphatic carbocycles. The zero-order valence-corrected chi connectivity index (χ0v) is 12.2. The van der Waals surface area contributed by atoms with Crippen LogP contribution in [0.15, 0.2) is 36.5 Å². The van der Waals surface area contributed by atoms with E-state index in [1.165, 1.54) is 0 Å². The summed E-state index contributed by atoms with van der Waals surface area (Å²) in [4.78, 5) is 11.8. The van der Waals surface area contributed by atoms with Crippen LogP contribution < -0.4 is 5.73 Å². The molecule has 6 heteroatoms. The number of nitrogens with zero attached hydrogens (tertiary/aromatic N) is 2. The minimum atomic E-state index is -0.462. The van der Waals surface area contributed by atoms with Gasteiger partial charge in [0.15, 0.2) is 5.69 Å². The third-order valence-electron chi connectivity index (χ3n) is 2.72. The molecule has 0 bridgehead atoms. The molecule has 1 aromatic heterocycles. The highest BCUT2D eigenvalue weighted by Gasteiger charge is 2.11. The van der Waals surface area contributed by atoms with E-state index in [9.17, 15) is 4.79 Å². The van der Waals surface area contributed by atoms with Crippen molar-refractivity contribution in [2.75, 3.05) is 18.9 Å². The lowest BCUT2D eigenvalue weighted by atomic mass is 10.3. The van der Waals surface area contributed by atoms with E-state index >= 15 is 0 Å². The topological polar surface area (TPSA) is 79.4 Å². The number of carbonyl (C=O) groups is 1. The molecule has 0 atom stereocenters. The highest BCUT2D eigenvalue weighted by atomic mass is 16.6. The lowest BCUT2D eigenvalue weighted by Crippen LogP contribution is -2.14. The Morgan fingerprint density at radius 3 is 2.62 bits per heavy atom. The molecular weight excluding hydrogens is 270 g/mol. The second-order valence-corrected chi connectivity index (χ2v) is 4.79. The van der Waals surface area contributed by atoms with E-state index in [-0.39, 0.29) is 18.4 Å². The Morgan fingerprint density at radius 1 is 1.24 bits per heavy atom. The summed E-state index contributed by atoms with van der Waals surface area (Å²) in [6.07, 6.45) is 1.82. The van der Waals surface area contributed by atoms with Crippen molar-refractivity contribution < 1.29 is 14.3 Å². The minimum absolute atomic E-state index is 0.119.